The minimum Gasteiger partial charge on any atom is -0.462 e. The Balaban J connectivity index is 1.55. The minimum absolute atomic E-state index is 0.00297. The van der Waals surface area contributed by atoms with Crippen LogP contribution in [0.1, 0.15) is 48.5 Å². The number of esters is 1. The Kier molecular flexibility index (Phi) is 6.80. The van der Waals surface area contributed by atoms with Gasteiger partial charge in [-0.25, -0.2) is 13.2 Å². The topological polar surface area (TPSA) is 76.6 Å². The van der Waals surface area contributed by atoms with Crippen molar-refractivity contribution in [3.8, 4) is 0 Å². The second kappa shape index (κ2) is 9.30. The maximum Gasteiger partial charge on any atom is 0.338 e. The van der Waals surface area contributed by atoms with Crippen LogP contribution in [0.5, 0.6) is 0 Å². The van der Waals surface area contributed by atoms with Gasteiger partial charge < -0.3 is 4.74 Å². The summed E-state index contributed by atoms with van der Waals surface area (Å²) in [5.41, 5.74) is 1.45. The summed E-state index contributed by atoms with van der Waals surface area (Å²) < 4.78 is 32.5. The van der Waals surface area contributed by atoms with E-state index < -0.39 is 16.0 Å². The van der Waals surface area contributed by atoms with E-state index >= 15 is 0 Å². The highest BCUT2D eigenvalue weighted by molar-refractivity contribution is 7.89. The van der Waals surface area contributed by atoms with Gasteiger partial charge in [-0.3, -0.25) is 4.98 Å². The lowest BCUT2D eigenvalue weighted by molar-refractivity contribution is 0.0500. The highest BCUT2D eigenvalue weighted by atomic mass is 32.2. The summed E-state index contributed by atoms with van der Waals surface area (Å²) >= 11 is 0. The number of hydrogen-bond donors (Lipinski definition) is 0. The first kappa shape index (κ1) is 20.5. The molecular weight excluding hydrogens is 376 g/mol. The van der Waals surface area contributed by atoms with E-state index in [1.165, 1.54) is 24.3 Å². The Hall–Kier alpha value is -2.25. The fourth-order valence-electron chi connectivity index (χ4n) is 3.40. The Morgan fingerprint density at radius 2 is 2.00 bits per heavy atom. The van der Waals surface area contributed by atoms with E-state index in [1.54, 1.807) is 16.7 Å². The monoisotopic (exact) mass is 402 g/mol. The second-order valence-electron chi connectivity index (χ2n) is 7.09. The lowest BCUT2D eigenvalue weighted by Crippen LogP contribution is -2.41. The maximum atomic E-state index is 12.8. The molecule has 0 bridgehead atoms. The smallest absolute Gasteiger partial charge is 0.338 e. The van der Waals surface area contributed by atoms with Gasteiger partial charge in [-0.15, -0.1) is 0 Å². The number of pyridine rings is 1. The molecule has 3 rings (SSSR count). The maximum absolute atomic E-state index is 12.8. The molecule has 2 heterocycles. The molecule has 0 aliphatic carbocycles. The van der Waals surface area contributed by atoms with Crippen molar-refractivity contribution in [3.63, 3.8) is 0 Å². The summed E-state index contributed by atoms with van der Waals surface area (Å²) in [4.78, 5) is 16.4. The van der Waals surface area contributed by atoms with E-state index in [1.807, 2.05) is 19.1 Å². The number of ether oxygens (including phenoxy) is 1. The molecule has 1 aromatic carbocycles. The van der Waals surface area contributed by atoms with E-state index in [0.29, 0.717) is 25.1 Å². The number of nitrogens with zero attached hydrogens (tertiary/aromatic N) is 2. The molecule has 0 saturated carbocycles. The molecule has 2 aromatic rings. The molecule has 150 valence electrons. The molecule has 7 heteroatoms. The minimum atomic E-state index is -3.53. The van der Waals surface area contributed by atoms with Gasteiger partial charge in [-0.2, -0.15) is 4.31 Å². The quantitative estimate of drug-likeness (QED) is 0.524. The summed E-state index contributed by atoms with van der Waals surface area (Å²) in [5.74, 6) is -0.443. The number of piperidine rings is 1. The van der Waals surface area contributed by atoms with Crippen LogP contribution in [0.4, 0.5) is 0 Å². The molecule has 0 radical (unpaired) electrons. The number of hydrogen-bond acceptors (Lipinski definition) is 5. The van der Waals surface area contributed by atoms with Gasteiger partial charge in [-0.05, 0) is 68.5 Å². The third-order valence-electron chi connectivity index (χ3n) is 5.00. The van der Waals surface area contributed by atoms with Crippen molar-refractivity contribution in [1.82, 2.24) is 9.29 Å². The van der Waals surface area contributed by atoms with Crippen molar-refractivity contribution in [1.29, 1.82) is 0 Å². The average Bonchev–Trinajstić information content (AvgIpc) is 2.72. The number of carbonyl (C=O) groups excluding carboxylic acids is 1. The zero-order chi connectivity index (χ0) is 20.0. The second-order valence-corrected chi connectivity index (χ2v) is 8.98. The van der Waals surface area contributed by atoms with E-state index in [9.17, 15) is 13.2 Å². The van der Waals surface area contributed by atoms with Crippen LogP contribution >= 0.6 is 0 Å². The molecule has 1 unspecified atom stereocenters. The molecular formula is C21H26N2O4S. The van der Waals surface area contributed by atoms with Crippen LogP contribution in [0, 0.1) is 0 Å². The number of aryl methyl sites for hydroxylation is 1. The molecule has 0 spiro atoms. The lowest BCUT2D eigenvalue weighted by Gasteiger charge is -2.32. The van der Waals surface area contributed by atoms with Crippen molar-refractivity contribution in [2.45, 2.75) is 50.0 Å². The predicted octanol–water partition coefficient (Wildman–Crippen LogP) is 3.43. The lowest BCUT2D eigenvalue weighted by atomic mass is 10.1. The van der Waals surface area contributed by atoms with E-state index in [4.69, 9.17) is 4.74 Å². The zero-order valence-electron chi connectivity index (χ0n) is 16.1. The Morgan fingerprint density at radius 1 is 1.21 bits per heavy atom. The molecule has 0 N–H and O–H groups in total. The van der Waals surface area contributed by atoms with Crippen LogP contribution in [0.15, 0.2) is 53.7 Å². The summed E-state index contributed by atoms with van der Waals surface area (Å²) in [5, 5.41) is 0. The molecule has 1 aliphatic rings. The predicted molar refractivity (Wildman–Crippen MR) is 106 cm³/mol. The molecule has 1 saturated heterocycles. The number of aromatic nitrogens is 1. The highest BCUT2D eigenvalue weighted by Crippen LogP contribution is 2.25. The van der Waals surface area contributed by atoms with Gasteiger partial charge in [0.15, 0.2) is 0 Å². The van der Waals surface area contributed by atoms with Gasteiger partial charge in [0, 0.05) is 25.0 Å². The van der Waals surface area contributed by atoms with E-state index in [2.05, 4.69) is 4.98 Å². The van der Waals surface area contributed by atoms with Crippen molar-refractivity contribution >= 4 is 16.0 Å². The van der Waals surface area contributed by atoms with Gasteiger partial charge >= 0.3 is 5.97 Å². The number of rotatable bonds is 7. The largest absolute Gasteiger partial charge is 0.462 e. The van der Waals surface area contributed by atoms with Crippen LogP contribution in [0.25, 0.3) is 0 Å². The van der Waals surface area contributed by atoms with Gasteiger partial charge in [0.1, 0.15) is 0 Å². The molecule has 0 amide bonds. The molecule has 1 aliphatic heterocycles. The number of sulfonamides is 1. The fourth-order valence-corrected chi connectivity index (χ4v) is 5.10. The summed E-state index contributed by atoms with van der Waals surface area (Å²) in [6.07, 6.45) is 7.82. The van der Waals surface area contributed by atoms with Crippen LogP contribution in [0.2, 0.25) is 0 Å². The Labute approximate surface area is 166 Å². The summed E-state index contributed by atoms with van der Waals surface area (Å²) in [6.45, 7) is 2.79. The average molecular weight is 403 g/mol. The first-order chi connectivity index (χ1) is 13.5. The van der Waals surface area contributed by atoms with Crippen LogP contribution < -0.4 is 0 Å². The standard InChI is InChI=1S/C21H26N2O4S/c1-17-6-2-3-14-23(17)28(25,26)20-11-9-19(10-12-20)21(24)27-15-5-8-18-7-4-13-22-16-18/h4,7,9-13,16-17H,2-3,5-6,8,14-15H2,1H3. The van der Waals surface area contributed by atoms with Crippen molar-refractivity contribution in [3.05, 3.63) is 59.9 Å². The van der Waals surface area contributed by atoms with E-state index in [0.717, 1.165) is 31.2 Å². The summed E-state index contributed by atoms with van der Waals surface area (Å²) in [7, 11) is -3.53. The van der Waals surface area contributed by atoms with Gasteiger partial charge in [-0.1, -0.05) is 12.5 Å². The Bertz CT molecular complexity index is 882. The highest BCUT2D eigenvalue weighted by Gasteiger charge is 2.30. The normalized spacial score (nSPS) is 18.0. The third kappa shape index (κ3) is 4.97. The zero-order valence-corrected chi connectivity index (χ0v) is 16.9. The third-order valence-corrected chi connectivity index (χ3v) is 7.03. The Morgan fingerprint density at radius 3 is 2.68 bits per heavy atom. The van der Waals surface area contributed by atoms with E-state index in [-0.39, 0.29) is 10.9 Å². The van der Waals surface area contributed by atoms with Crippen LogP contribution in [-0.2, 0) is 21.2 Å². The molecule has 1 fully saturated rings. The fraction of sp³-hybridized carbons (Fsp3) is 0.429. The van der Waals surface area contributed by atoms with Gasteiger partial charge in [0.2, 0.25) is 10.0 Å². The van der Waals surface area contributed by atoms with Gasteiger partial charge in [0.05, 0.1) is 17.1 Å². The molecule has 28 heavy (non-hydrogen) atoms. The van der Waals surface area contributed by atoms with Crippen molar-refractivity contribution < 1.29 is 17.9 Å². The molecule has 1 atom stereocenters. The summed E-state index contributed by atoms with van der Waals surface area (Å²) in [6, 6.07) is 9.88. The SMILES string of the molecule is CC1CCCCN1S(=O)(=O)c1ccc(C(=O)OCCCc2cccnc2)cc1. The van der Waals surface area contributed by atoms with Crippen molar-refractivity contribution in [2.75, 3.05) is 13.2 Å². The number of benzene rings is 1. The van der Waals surface area contributed by atoms with Crippen LogP contribution in [0.3, 0.4) is 0 Å². The first-order valence-corrected chi connectivity index (χ1v) is 11.1. The molecule has 1 aromatic heterocycles. The first-order valence-electron chi connectivity index (χ1n) is 9.66. The van der Waals surface area contributed by atoms with Gasteiger partial charge in [0.25, 0.3) is 0 Å². The van der Waals surface area contributed by atoms with Crippen molar-refractivity contribution in [2.24, 2.45) is 0 Å². The molecule has 6 nitrogen and oxygen atoms in total. The van der Waals surface area contributed by atoms with Crippen LogP contribution in [-0.4, -0.2) is 42.9 Å². The number of carbonyl (C=O) groups is 1.